The Balaban J connectivity index is 2.58. The van der Waals surface area contributed by atoms with Gasteiger partial charge in [-0.1, -0.05) is 19.4 Å². The Morgan fingerprint density at radius 3 is 2.75 bits per heavy atom. The van der Waals surface area contributed by atoms with Crippen LogP contribution in [0.2, 0.25) is 0 Å². The van der Waals surface area contributed by atoms with E-state index in [1.165, 1.54) is 6.42 Å². The Morgan fingerprint density at radius 2 is 2.17 bits per heavy atom. The number of unbranched alkanes of at least 4 members (excludes halogenated alkanes) is 1. The molecule has 0 N–H and O–H groups in total. The van der Waals surface area contributed by atoms with Gasteiger partial charge in [0.1, 0.15) is 0 Å². The third-order valence-corrected chi connectivity index (χ3v) is 1.54. The fraction of sp³-hybridized carbons (Fsp3) is 0.400. The zero-order chi connectivity index (χ0) is 8.81. The lowest BCUT2D eigenvalue weighted by atomic mass is 10.3. The van der Waals surface area contributed by atoms with Gasteiger partial charge in [0.2, 0.25) is 0 Å². The van der Waals surface area contributed by atoms with Crippen LogP contribution >= 0.6 is 0 Å². The number of hydrogen-bond donors (Lipinski definition) is 0. The number of rotatable bonds is 3. The third kappa shape index (κ3) is 2.82. The van der Waals surface area contributed by atoms with Gasteiger partial charge in [0, 0.05) is 6.20 Å². The van der Waals surface area contributed by atoms with E-state index in [9.17, 15) is 0 Å². The van der Waals surface area contributed by atoms with E-state index in [1.54, 1.807) is 12.4 Å². The van der Waals surface area contributed by atoms with Gasteiger partial charge in [-0.3, -0.25) is 9.97 Å². The second kappa shape index (κ2) is 4.65. The highest BCUT2D eigenvalue weighted by atomic mass is 14.8. The van der Waals surface area contributed by atoms with Crippen molar-refractivity contribution in [2.24, 2.45) is 0 Å². The smallest absolute Gasteiger partial charge is 0.0809 e. The van der Waals surface area contributed by atoms with Crippen molar-refractivity contribution in [1.29, 1.82) is 0 Å². The van der Waals surface area contributed by atoms with Crippen molar-refractivity contribution in [3.05, 3.63) is 29.9 Å². The molecule has 1 aromatic rings. The lowest BCUT2D eigenvalue weighted by Crippen LogP contribution is -1.85. The van der Waals surface area contributed by atoms with E-state index in [0.29, 0.717) is 0 Å². The molecule has 0 aromatic carbocycles. The summed E-state index contributed by atoms with van der Waals surface area (Å²) in [4.78, 5) is 8.34. The van der Waals surface area contributed by atoms with E-state index in [1.807, 2.05) is 13.0 Å². The van der Waals surface area contributed by atoms with E-state index in [2.05, 4.69) is 23.0 Å². The van der Waals surface area contributed by atoms with Crippen molar-refractivity contribution in [1.82, 2.24) is 9.97 Å². The molecule has 0 saturated heterocycles. The average molecular weight is 162 g/mol. The third-order valence-electron chi connectivity index (χ3n) is 1.54. The highest BCUT2D eigenvalue weighted by Crippen LogP contribution is 1.98. The van der Waals surface area contributed by atoms with Crippen LogP contribution in [-0.2, 0) is 0 Å². The van der Waals surface area contributed by atoms with Crippen molar-refractivity contribution in [2.75, 3.05) is 0 Å². The molecule has 0 atom stereocenters. The van der Waals surface area contributed by atoms with Crippen LogP contribution in [0.5, 0.6) is 0 Å². The molecular formula is C10H14N2. The summed E-state index contributed by atoms with van der Waals surface area (Å²) < 4.78 is 0. The summed E-state index contributed by atoms with van der Waals surface area (Å²) in [6.45, 7) is 4.09. The average Bonchev–Trinajstić information content (AvgIpc) is 2.09. The normalized spacial score (nSPS) is 10.8. The highest BCUT2D eigenvalue weighted by Gasteiger charge is 1.87. The van der Waals surface area contributed by atoms with Crippen molar-refractivity contribution < 1.29 is 0 Å². The molecule has 1 rings (SSSR count). The summed E-state index contributed by atoms with van der Waals surface area (Å²) in [5.74, 6) is 0. The van der Waals surface area contributed by atoms with Gasteiger partial charge < -0.3 is 0 Å². The maximum Gasteiger partial charge on any atom is 0.0809 e. The minimum absolute atomic E-state index is 0.939. The fourth-order valence-corrected chi connectivity index (χ4v) is 0.859. The minimum Gasteiger partial charge on any atom is -0.258 e. The first-order valence-electron chi connectivity index (χ1n) is 4.28. The molecule has 0 radical (unpaired) electrons. The zero-order valence-electron chi connectivity index (χ0n) is 7.62. The summed E-state index contributed by atoms with van der Waals surface area (Å²) in [6, 6.07) is 0. The predicted molar refractivity (Wildman–Crippen MR) is 50.7 cm³/mol. The Kier molecular flexibility index (Phi) is 3.45. The van der Waals surface area contributed by atoms with Crippen LogP contribution in [0.1, 0.15) is 31.2 Å². The molecule has 2 nitrogen and oxygen atoms in total. The molecule has 12 heavy (non-hydrogen) atoms. The second-order valence-corrected chi connectivity index (χ2v) is 2.77. The molecule has 0 bridgehead atoms. The van der Waals surface area contributed by atoms with Crippen LogP contribution in [0.3, 0.4) is 0 Å². The fourth-order valence-electron chi connectivity index (χ4n) is 0.859. The Labute approximate surface area is 73.4 Å². The molecule has 0 aliphatic rings. The molecule has 1 aromatic heterocycles. The summed E-state index contributed by atoms with van der Waals surface area (Å²) in [5.41, 5.74) is 1.90. The van der Waals surface area contributed by atoms with Crippen molar-refractivity contribution >= 4 is 6.08 Å². The van der Waals surface area contributed by atoms with E-state index >= 15 is 0 Å². The molecule has 0 aliphatic carbocycles. The van der Waals surface area contributed by atoms with Gasteiger partial charge in [-0.05, 0) is 19.4 Å². The highest BCUT2D eigenvalue weighted by molar-refractivity contribution is 5.42. The summed E-state index contributed by atoms with van der Waals surface area (Å²) in [5, 5.41) is 0. The van der Waals surface area contributed by atoms with Crippen LogP contribution in [0.4, 0.5) is 0 Å². The first-order chi connectivity index (χ1) is 5.83. The lowest BCUT2D eigenvalue weighted by Gasteiger charge is -1.92. The molecule has 0 amide bonds. The quantitative estimate of drug-likeness (QED) is 0.682. The summed E-state index contributed by atoms with van der Waals surface area (Å²) >= 11 is 0. The first-order valence-corrected chi connectivity index (χ1v) is 4.28. The van der Waals surface area contributed by atoms with Gasteiger partial charge in [0.05, 0.1) is 17.6 Å². The molecule has 64 valence electrons. The van der Waals surface area contributed by atoms with Crippen molar-refractivity contribution in [3.8, 4) is 0 Å². The van der Waals surface area contributed by atoms with Gasteiger partial charge in [-0.15, -0.1) is 0 Å². The van der Waals surface area contributed by atoms with Gasteiger partial charge in [0.15, 0.2) is 0 Å². The SMILES string of the molecule is CCC/C=C/c1cnc(C)cn1. The van der Waals surface area contributed by atoms with Gasteiger partial charge in [-0.2, -0.15) is 0 Å². The summed E-state index contributed by atoms with van der Waals surface area (Å²) in [7, 11) is 0. The molecule has 0 spiro atoms. The van der Waals surface area contributed by atoms with E-state index < -0.39 is 0 Å². The van der Waals surface area contributed by atoms with E-state index in [0.717, 1.165) is 17.8 Å². The Hall–Kier alpha value is -1.18. The molecule has 0 fully saturated rings. The van der Waals surface area contributed by atoms with Crippen LogP contribution in [0, 0.1) is 6.92 Å². The topological polar surface area (TPSA) is 25.8 Å². The van der Waals surface area contributed by atoms with Gasteiger partial charge >= 0.3 is 0 Å². The number of aryl methyl sites for hydroxylation is 1. The number of hydrogen-bond acceptors (Lipinski definition) is 2. The van der Waals surface area contributed by atoms with Crippen LogP contribution in [-0.4, -0.2) is 9.97 Å². The zero-order valence-corrected chi connectivity index (χ0v) is 7.62. The number of aromatic nitrogens is 2. The second-order valence-electron chi connectivity index (χ2n) is 2.77. The Bertz CT molecular complexity index is 249. The molecular weight excluding hydrogens is 148 g/mol. The molecule has 2 heteroatoms. The van der Waals surface area contributed by atoms with Crippen molar-refractivity contribution in [3.63, 3.8) is 0 Å². The largest absolute Gasteiger partial charge is 0.258 e. The molecule has 0 aliphatic heterocycles. The van der Waals surface area contributed by atoms with Crippen LogP contribution in [0.25, 0.3) is 6.08 Å². The maximum atomic E-state index is 4.20. The minimum atomic E-state index is 0.939. The molecule has 1 heterocycles. The monoisotopic (exact) mass is 162 g/mol. The first kappa shape index (κ1) is 8.91. The maximum absolute atomic E-state index is 4.20. The summed E-state index contributed by atoms with van der Waals surface area (Å²) in [6.07, 6.45) is 9.99. The lowest BCUT2D eigenvalue weighted by molar-refractivity contribution is 0.961. The van der Waals surface area contributed by atoms with E-state index in [-0.39, 0.29) is 0 Å². The van der Waals surface area contributed by atoms with Crippen molar-refractivity contribution in [2.45, 2.75) is 26.7 Å². The van der Waals surface area contributed by atoms with Gasteiger partial charge in [-0.25, -0.2) is 0 Å². The number of nitrogens with zero attached hydrogens (tertiary/aromatic N) is 2. The molecule has 0 saturated carbocycles. The Morgan fingerprint density at radius 1 is 1.33 bits per heavy atom. The van der Waals surface area contributed by atoms with Crippen LogP contribution in [0.15, 0.2) is 18.5 Å². The predicted octanol–water partition coefficient (Wildman–Crippen LogP) is 2.60. The number of allylic oxidation sites excluding steroid dienone is 1. The standard InChI is InChI=1S/C10H14N2/c1-3-4-5-6-10-8-11-9(2)7-12-10/h5-8H,3-4H2,1-2H3/b6-5+. The van der Waals surface area contributed by atoms with E-state index in [4.69, 9.17) is 0 Å². The van der Waals surface area contributed by atoms with Crippen LogP contribution < -0.4 is 0 Å². The van der Waals surface area contributed by atoms with Gasteiger partial charge in [0.25, 0.3) is 0 Å². The molecule has 0 unspecified atom stereocenters.